The van der Waals surface area contributed by atoms with E-state index in [2.05, 4.69) is 77.3 Å². The second kappa shape index (κ2) is 10.7. The highest BCUT2D eigenvalue weighted by Crippen LogP contribution is 2.28. The Labute approximate surface area is 173 Å². The Hall–Kier alpha value is 0.844. The van der Waals surface area contributed by atoms with Gasteiger partial charge in [0.05, 0.1) is 0 Å². The molecule has 0 aliphatic heterocycles. The highest BCUT2D eigenvalue weighted by atomic mass is 28.5. The summed E-state index contributed by atoms with van der Waals surface area (Å²) in [4.78, 5) is 0. The molecular weight excluding hydrogens is 425 g/mol. The van der Waals surface area contributed by atoms with Gasteiger partial charge in [0.2, 0.25) is 0 Å². The minimum absolute atomic E-state index is 0.711. The summed E-state index contributed by atoms with van der Waals surface area (Å²) in [6.07, 6.45) is 0.984. The number of hydrogen-bond donors (Lipinski definition) is 2. The fraction of sp³-hybridized carbons (Fsp3) is 1.00. The molecular formula is C16H46N2O4Si5. The van der Waals surface area contributed by atoms with Gasteiger partial charge in [-0.15, -0.1) is 0 Å². The van der Waals surface area contributed by atoms with Gasteiger partial charge in [-0.2, -0.15) is 0 Å². The van der Waals surface area contributed by atoms with E-state index in [1.807, 2.05) is 0 Å². The molecule has 3 N–H and O–H groups in total. The Balaban J connectivity index is 5.24. The molecule has 0 atom stereocenters. The smallest absolute Gasteiger partial charge is 0.318 e. The lowest BCUT2D eigenvalue weighted by Gasteiger charge is -2.43. The predicted octanol–water partition coefficient (Wildman–Crippen LogP) is 4.14. The average Bonchev–Trinajstić information content (AvgIpc) is 2.29. The topological polar surface area (TPSA) is 75.0 Å². The minimum atomic E-state index is -2.46. The Morgan fingerprint density at radius 1 is 0.630 bits per heavy atom. The van der Waals surface area contributed by atoms with Crippen LogP contribution in [0.1, 0.15) is 6.42 Å². The van der Waals surface area contributed by atoms with Crippen LogP contribution in [0.3, 0.4) is 0 Å². The zero-order valence-corrected chi connectivity index (χ0v) is 24.7. The van der Waals surface area contributed by atoms with Crippen molar-refractivity contribution in [3.05, 3.63) is 0 Å². The Kier molecular flexibility index (Phi) is 11.1. The van der Waals surface area contributed by atoms with E-state index >= 15 is 0 Å². The average molecular weight is 471 g/mol. The van der Waals surface area contributed by atoms with Crippen LogP contribution < -0.4 is 11.1 Å². The van der Waals surface area contributed by atoms with E-state index in [1.54, 1.807) is 0 Å². The summed E-state index contributed by atoms with van der Waals surface area (Å²) >= 11 is 0. The molecule has 0 aliphatic carbocycles. The maximum atomic E-state index is 6.73. The molecule has 0 aromatic rings. The molecule has 0 aromatic heterocycles. The first-order valence-electron chi connectivity index (χ1n) is 10.1. The van der Waals surface area contributed by atoms with E-state index in [1.165, 1.54) is 0 Å². The molecule has 0 aliphatic rings. The zero-order chi connectivity index (χ0) is 21.6. The molecule has 0 radical (unpaired) electrons. The fourth-order valence-electron chi connectivity index (χ4n) is 3.35. The molecule has 0 spiro atoms. The van der Waals surface area contributed by atoms with Gasteiger partial charge in [-0.05, 0) is 98.1 Å². The van der Waals surface area contributed by atoms with Crippen molar-refractivity contribution in [2.24, 2.45) is 5.73 Å². The predicted molar refractivity (Wildman–Crippen MR) is 129 cm³/mol. The minimum Gasteiger partial charge on any atom is -0.437 e. The maximum Gasteiger partial charge on any atom is 0.318 e. The summed E-state index contributed by atoms with van der Waals surface area (Å²) in [6.45, 7) is 26.6. The van der Waals surface area contributed by atoms with E-state index in [0.29, 0.717) is 6.54 Å². The normalized spacial score (nSPS) is 14.7. The van der Waals surface area contributed by atoms with E-state index in [9.17, 15) is 0 Å². The quantitative estimate of drug-likeness (QED) is 0.293. The van der Waals surface area contributed by atoms with Crippen molar-refractivity contribution in [1.82, 2.24) is 5.32 Å². The van der Waals surface area contributed by atoms with Crippen LogP contribution in [0.25, 0.3) is 0 Å². The molecule has 0 saturated carbocycles. The molecule has 0 saturated heterocycles. The van der Waals surface area contributed by atoms with Crippen molar-refractivity contribution in [2.45, 2.75) is 84.5 Å². The van der Waals surface area contributed by atoms with Crippen LogP contribution in [-0.2, 0) is 16.5 Å². The van der Waals surface area contributed by atoms with Crippen molar-refractivity contribution in [1.29, 1.82) is 0 Å². The Bertz CT molecular complexity index is 410. The van der Waals surface area contributed by atoms with Crippen LogP contribution >= 0.6 is 0 Å². The first-order valence-corrected chi connectivity index (χ1v) is 25.1. The Morgan fingerprint density at radius 2 is 1.04 bits per heavy atom. The third-order valence-electron chi connectivity index (χ3n) is 3.34. The number of hydrogen-bond acceptors (Lipinski definition) is 6. The summed E-state index contributed by atoms with van der Waals surface area (Å²) in [7, 11) is -10.4. The molecule has 6 nitrogen and oxygen atoms in total. The molecule has 0 rings (SSSR count). The molecule has 11 heteroatoms. The first-order chi connectivity index (χ1) is 11.9. The maximum absolute atomic E-state index is 6.73. The zero-order valence-electron chi connectivity index (χ0n) is 19.7. The van der Waals surface area contributed by atoms with Crippen molar-refractivity contribution in [2.75, 3.05) is 19.6 Å². The lowest BCUT2D eigenvalue weighted by Crippen LogP contribution is -2.60. The van der Waals surface area contributed by atoms with Gasteiger partial charge in [0.15, 0.2) is 16.6 Å². The molecule has 0 bridgehead atoms. The largest absolute Gasteiger partial charge is 0.437 e. The Morgan fingerprint density at radius 3 is 1.37 bits per heavy atom. The molecule has 164 valence electrons. The lowest BCUT2D eigenvalue weighted by atomic mass is 10.4. The van der Waals surface area contributed by atoms with E-state index < -0.39 is 42.3 Å². The van der Waals surface area contributed by atoms with Crippen molar-refractivity contribution >= 4 is 42.3 Å². The van der Waals surface area contributed by atoms with Gasteiger partial charge < -0.3 is 27.5 Å². The third-order valence-corrected chi connectivity index (χ3v) is 20.7. The summed E-state index contributed by atoms with van der Waals surface area (Å²) < 4.78 is 26.3. The van der Waals surface area contributed by atoms with Gasteiger partial charge in [-0.3, -0.25) is 0 Å². The monoisotopic (exact) mass is 470 g/mol. The molecule has 0 heterocycles. The number of nitrogens with two attached hydrogens (primary N) is 1. The van der Waals surface area contributed by atoms with Crippen LogP contribution in [0.2, 0.25) is 78.1 Å². The summed E-state index contributed by atoms with van der Waals surface area (Å²) in [6, 6.07) is 0.883. The van der Waals surface area contributed by atoms with Crippen LogP contribution in [-0.4, -0.2) is 62.0 Å². The lowest BCUT2D eigenvalue weighted by molar-refractivity contribution is 0.292. The van der Waals surface area contributed by atoms with Crippen LogP contribution in [0.4, 0.5) is 0 Å². The summed E-state index contributed by atoms with van der Waals surface area (Å²) in [5, 5.41) is 3.47. The van der Waals surface area contributed by atoms with Crippen LogP contribution in [0.5, 0.6) is 0 Å². The number of nitrogens with one attached hydrogen (secondary N) is 1. The second-order valence-electron chi connectivity index (χ2n) is 10.2. The molecule has 27 heavy (non-hydrogen) atoms. The van der Waals surface area contributed by atoms with E-state index in [-0.39, 0.29) is 0 Å². The molecule has 0 aromatic carbocycles. The van der Waals surface area contributed by atoms with Crippen molar-refractivity contribution in [3.8, 4) is 0 Å². The standard InChI is InChI=1S/C16H46N2O4Si5/c1-23(2,3)19-25(7,8)21-27(11,16-15-18-14-12-13-17)22-26(9,10)20-24(4,5)6/h18H,12-17H2,1-11H3. The van der Waals surface area contributed by atoms with Crippen molar-refractivity contribution in [3.63, 3.8) is 0 Å². The SMILES string of the molecule is C[Si](C)(C)O[Si](C)(C)O[Si](C)(CCNCCCN)O[Si](C)(C)O[Si](C)(C)C. The highest BCUT2D eigenvalue weighted by molar-refractivity contribution is 6.90. The first kappa shape index (κ1) is 27.8. The molecule has 0 amide bonds. The van der Waals surface area contributed by atoms with Gasteiger partial charge in [0, 0.05) is 6.04 Å². The van der Waals surface area contributed by atoms with E-state index in [4.69, 9.17) is 22.2 Å². The summed E-state index contributed by atoms with van der Waals surface area (Å²) in [5.41, 5.74) is 5.59. The molecule has 0 fully saturated rings. The number of rotatable bonds is 14. The van der Waals surface area contributed by atoms with Gasteiger partial charge in [0.25, 0.3) is 0 Å². The van der Waals surface area contributed by atoms with Gasteiger partial charge in [-0.25, -0.2) is 0 Å². The van der Waals surface area contributed by atoms with Crippen LogP contribution in [0.15, 0.2) is 0 Å². The van der Waals surface area contributed by atoms with Gasteiger partial charge >= 0.3 is 25.7 Å². The van der Waals surface area contributed by atoms with Crippen LogP contribution in [0, 0.1) is 0 Å². The summed E-state index contributed by atoms with van der Waals surface area (Å²) in [5.74, 6) is 0. The van der Waals surface area contributed by atoms with E-state index in [0.717, 1.165) is 25.6 Å². The fourth-order valence-corrected chi connectivity index (χ4v) is 26.5. The van der Waals surface area contributed by atoms with Gasteiger partial charge in [-0.1, -0.05) is 0 Å². The second-order valence-corrected chi connectivity index (χ2v) is 30.3. The highest BCUT2D eigenvalue weighted by Gasteiger charge is 2.46. The van der Waals surface area contributed by atoms with Gasteiger partial charge in [0.1, 0.15) is 0 Å². The van der Waals surface area contributed by atoms with Crippen molar-refractivity contribution < 1.29 is 16.5 Å². The molecule has 0 unspecified atom stereocenters. The third kappa shape index (κ3) is 15.4.